The van der Waals surface area contributed by atoms with Gasteiger partial charge < -0.3 is 15.0 Å². The number of hydrogen-bond acceptors (Lipinski definition) is 4. The molecule has 4 heteroatoms. The Balaban J connectivity index is 1.52. The first-order valence-electron chi connectivity index (χ1n) is 8.91. The van der Waals surface area contributed by atoms with Crippen LogP contribution in [0.3, 0.4) is 0 Å². The quantitative estimate of drug-likeness (QED) is 0.835. The lowest BCUT2D eigenvalue weighted by atomic mass is 9.70. The average molecular weight is 295 g/mol. The minimum absolute atomic E-state index is 0.162. The fourth-order valence-electron chi connectivity index (χ4n) is 4.44. The summed E-state index contributed by atoms with van der Waals surface area (Å²) in [6.45, 7) is 14.9. The van der Waals surface area contributed by atoms with E-state index in [1.165, 1.54) is 58.4 Å². The van der Waals surface area contributed by atoms with E-state index in [9.17, 15) is 0 Å². The van der Waals surface area contributed by atoms with Gasteiger partial charge in [-0.05, 0) is 32.2 Å². The van der Waals surface area contributed by atoms with Crippen LogP contribution in [0.5, 0.6) is 0 Å². The molecule has 0 aromatic rings. The van der Waals surface area contributed by atoms with Gasteiger partial charge in [0, 0.05) is 44.3 Å². The van der Waals surface area contributed by atoms with Crippen molar-refractivity contribution in [3.05, 3.63) is 0 Å². The molecule has 1 saturated carbocycles. The van der Waals surface area contributed by atoms with Crippen LogP contribution in [0, 0.1) is 0 Å². The highest BCUT2D eigenvalue weighted by molar-refractivity contribution is 5.06. The van der Waals surface area contributed by atoms with Gasteiger partial charge >= 0.3 is 0 Å². The first-order valence-corrected chi connectivity index (χ1v) is 8.91. The summed E-state index contributed by atoms with van der Waals surface area (Å²) in [5, 5.41) is 3.77. The van der Waals surface area contributed by atoms with Crippen molar-refractivity contribution in [2.45, 2.75) is 63.6 Å². The number of likely N-dealkylation sites (N-methyl/N-ethyl adjacent to an activating group) is 1. The molecule has 4 fully saturated rings. The molecular weight excluding hydrogens is 262 g/mol. The number of nitrogens with one attached hydrogen (secondary N) is 1. The zero-order valence-corrected chi connectivity index (χ0v) is 14.2. The van der Waals surface area contributed by atoms with Gasteiger partial charge in [-0.1, -0.05) is 20.8 Å². The van der Waals surface area contributed by atoms with Gasteiger partial charge in [-0.15, -0.1) is 0 Å². The molecule has 0 atom stereocenters. The smallest absolute Gasteiger partial charge is 0.0811 e. The molecule has 4 nitrogen and oxygen atoms in total. The van der Waals surface area contributed by atoms with Crippen molar-refractivity contribution in [3.8, 4) is 0 Å². The molecule has 0 unspecified atom stereocenters. The van der Waals surface area contributed by atoms with Crippen LogP contribution in [0.2, 0.25) is 0 Å². The normalized spacial score (nSPS) is 38.3. The molecule has 0 spiro atoms. The van der Waals surface area contributed by atoms with Gasteiger partial charge in [0.25, 0.3) is 0 Å². The molecule has 2 bridgehead atoms. The highest BCUT2D eigenvalue weighted by Gasteiger charge is 2.50. The standard InChI is InChI=1S/C17H33N3O/c1-4-19-9-11-20(12-10-19)13-17-7-5-16(6-8-17,14-21-17)18-15(2)3/h15,18H,4-14H2,1-3H3. The highest BCUT2D eigenvalue weighted by atomic mass is 16.5. The van der Waals surface area contributed by atoms with E-state index >= 15 is 0 Å². The predicted octanol–water partition coefficient (Wildman–Crippen LogP) is 1.70. The SMILES string of the molecule is CCN1CCN(CC23CCC(NC(C)C)(CC2)CO3)CC1. The van der Waals surface area contributed by atoms with E-state index in [4.69, 9.17) is 4.74 Å². The van der Waals surface area contributed by atoms with E-state index in [0.717, 1.165) is 13.2 Å². The van der Waals surface area contributed by atoms with Crippen molar-refractivity contribution in [1.29, 1.82) is 0 Å². The fraction of sp³-hybridized carbons (Fsp3) is 1.00. The van der Waals surface area contributed by atoms with Gasteiger partial charge in [0.05, 0.1) is 12.2 Å². The van der Waals surface area contributed by atoms with Crippen LogP contribution in [0.15, 0.2) is 0 Å². The zero-order chi connectivity index (χ0) is 14.9. The lowest BCUT2D eigenvalue weighted by molar-refractivity contribution is -0.174. The second-order valence-corrected chi connectivity index (χ2v) is 7.76. The summed E-state index contributed by atoms with van der Waals surface area (Å²) >= 11 is 0. The van der Waals surface area contributed by atoms with E-state index in [2.05, 4.69) is 35.9 Å². The lowest BCUT2D eigenvalue weighted by Crippen LogP contribution is -2.65. The summed E-state index contributed by atoms with van der Waals surface area (Å²) in [5.41, 5.74) is 0.436. The van der Waals surface area contributed by atoms with Crippen molar-refractivity contribution in [2.24, 2.45) is 0 Å². The van der Waals surface area contributed by atoms with Gasteiger partial charge in [0.2, 0.25) is 0 Å². The van der Waals surface area contributed by atoms with Crippen molar-refractivity contribution < 1.29 is 4.74 Å². The van der Waals surface area contributed by atoms with Crippen molar-refractivity contribution >= 4 is 0 Å². The molecule has 3 aliphatic heterocycles. The molecule has 0 amide bonds. The summed E-state index contributed by atoms with van der Waals surface area (Å²) in [6, 6.07) is 0.557. The molecule has 0 radical (unpaired) electrons. The molecule has 4 rings (SSSR count). The number of nitrogens with zero attached hydrogens (tertiary/aromatic N) is 2. The number of fused-ring (bicyclic) bond motifs is 3. The van der Waals surface area contributed by atoms with Crippen LogP contribution in [0.1, 0.15) is 46.5 Å². The summed E-state index contributed by atoms with van der Waals surface area (Å²) in [7, 11) is 0. The number of piperazine rings is 1. The van der Waals surface area contributed by atoms with E-state index in [-0.39, 0.29) is 11.1 Å². The van der Waals surface area contributed by atoms with Crippen LogP contribution in [-0.2, 0) is 4.74 Å². The van der Waals surface area contributed by atoms with Crippen molar-refractivity contribution in [2.75, 3.05) is 45.9 Å². The van der Waals surface area contributed by atoms with E-state index < -0.39 is 0 Å². The Kier molecular flexibility index (Phi) is 4.60. The third kappa shape index (κ3) is 3.44. The van der Waals surface area contributed by atoms with Crippen LogP contribution >= 0.6 is 0 Å². The van der Waals surface area contributed by atoms with E-state index in [1.54, 1.807) is 0 Å². The number of rotatable bonds is 5. The molecule has 4 aliphatic rings. The van der Waals surface area contributed by atoms with E-state index in [1.807, 2.05) is 0 Å². The van der Waals surface area contributed by atoms with Gasteiger partial charge in [-0.25, -0.2) is 0 Å². The molecule has 122 valence electrons. The molecule has 21 heavy (non-hydrogen) atoms. The minimum Gasteiger partial charge on any atom is -0.372 e. The Labute approximate surface area is 130 Å². The summed E-state index contributed by atoms with van der Waals surface area (Å²) in [4.78, 5) is 5.19. The predicted molar refractivity (Wildman–Crippen MR) is 86.7 cm³/mol. The molecule has 0 aromatic heterocycles. The Hall–Kier alpha value is -0.160. The minimum atomic E-state index is 0.162. The molecular formula is C17H33N3O. The Morgan fingerprint density at radius 1 is 1.00 bits per heavy atom. The second-order valence-electron chi connectivity index (χ2n) is 7.76. The van der Waals surface area contributed by atoms with Crippen LogP contribution < -0.4 is 5.32 Å². The largest absolute Gasteiger partial charge is 0.372 e. The molecule has 0 aromatic carbocycles. The molecule has 3 heterocycles. The highest BCUT2D eigenvalue weighted by Crippen LogP contribution is 2.44. The first kappa shape index (κ1) is 15.7. The van der Waals surface area contributed by atoms with Crippen LogP contribution in [0.4, 0.5) is 0 Å². The van der Waals surface area contributed by atoms with E-state index in [0.29, 0.717) is 6.04 Å². The number of hydrogen-bond donors (Lipinski definition) is 1. The van der Waals surface area contributed by atoms with Crippen molar-refractivity contribution in [1.82, 2.24) is 15.1 Å². The topological polar surface area (TPSA) is 27.7 Å². The molecule has 1 N–H and O–H groups in total. The fourth-order valence-corrected chi connectivity index (χ4v) is 4.44. The maximum atomic E-state index is 6.41. The molecule has 3 saturated heterocycles. The Bertz CT molecular complexity index is 325. The zero-order valence-electron chi connectivity index (χ0n) is 14.2. The Morgan fingerprint density at radius 3 is 2.10 bits per heavy atom. The maximum Gasteiger partial charge on any atom is 0.0811 e. The van der Waals surface area contributed by atoms with Gasteiger partial charge in [-0.2, -0.15) is 0 Å². The monoisotopic (exact) mass is 295 g/mol. The maximum absolute atomic E-state index is 6.41. The van der Waals surface area contributed by atoms with Crippen LogP contribution in [-0.4, -0.2) is 72.9 Å². The first-order chi connectivity index (χ1) is 10.0. The Morgan fingerprint density at radius 2 is 1.62 bits per heavy atom. The van der Waals surface area contributed by atoms with Crippen LogP contribution in [0.25, 0.3) is 0 Å². The van der Waals surface area contributed by atoms with Gasteiger partial charge in [0.15, 0.2) is 0 Å². The second kappa shape index (κ2) is 6.15. The number of ether oxygens (including phenoxy) is 1. The van der Waals surface area contributed by atoms with Crippen molar-refractivity contribution in [3.63, 3.8) is 0 Å². The van der Waals surface area contributed by atoms with Gasteiger partial charge in [0.1, 0.15) is 0 Å². The summed E-state index contributed by atoms with van der Waals surface area (Å²) in [6.07, 6.45) is 5.06. The third-order valence-corrected chi connectivity index (χ3v) is 5.79. The summed E-state index contributed by atoms with van der Waals surface area (Å²) < 4.78 is 6.41. The average Bonchev–Trinajstić information content (AvgIpc) is 2.49. The summed E-state index contributed by atoms with van der Waals surface area (Å²) in [5.74, 6) is 0. The van der Waals surface area contributed by atoms with Gasteiger partial charge in [-0.3, -0.25) is 4.90 Å². The lowest BCUT2D eigenvalue weighted by Gasteiger charge is -2.55. The third-order valence-electron chi connectivity index (χ3n) is 5.79. The molecule has 1 aliphatic carbocycles.